The summed E-state index contributed by atoms with van der Waals surface area (Å²) in [6, 6.07) is 52.9. The molecule has 0 spiro atoms. The van der Waals surface area contributed by atoms with E-state index in [1.807, 2.05) is 13.1 Å². The van der Waals surface area contributed by atoms with Crippen LogP contribution >= 0.6 is 0 Å². The molecule has 0 radical (unpaired) electrons. The summed E-state index contributed by atoms with van der Waals surface area (Å²) in [7, 11) is 1.98. The number of hydrogen-bond donors (Lipinski definition) is 1. The number of fused-ring (bicyclic) bond motifs is 6. The molecule has 0 aliphatic carbocycles. The fraction of sp³-hybridized carbons (Fsp3) is 0.0222. The summed E-state index contributed by atoms with van der Waals surface area (Å²) in [6.07, 6.45) is 0. The summed E-state index contributed by atoms with van der Waals surface area (Å²) in [4.78, 5) is 10.2. The van der Waals surface area contributed by atoms with E-state index in [0.29, 0.717) is 11.5 Å². The molecule has 1 heterocycles. The van der Waals surface area contributed by atoms with E-state index in [1.165, 1.54) is 5.39 Å². The fourth-order valence-corrected chi connectivity index (χ4v) is 7.24. The monoisotopic (exact) mass is 629 g/mol. The zero-order chi connectivity index (χ0) is 32.9. The Morgan fingerprint density at radius 2 is 1.10 bits per heavy atom. The van der Waals surface area contributed by atoms with Crippen LogP contribution in [0.5, 0.6) is 5.75 Å². The van der Waals surface area contributed by atoms with Crippen LogP contribution in [0.15, 0.2) is 167 Å². The molecule has 8 aromatic rings. The van der Waals surface area contributed by atoms with Gasteiger partial charge in [-0.1, -0.05) is 127 Å². The van der Waals surface area contributed by atoms with E-state index >= 15 is 0 Å². The highest BCUT2D eigenvalue weighted by Gasteiger charge is 2.32. The van der Waals surface area contributed by atoms with Crippen molar-refractivity contribution in [2.75, 3.05) is 12.4 Å². The molecule has 1 aliphatic rings. The van der Waals surface area contributed by atoms with Gasteiger partial charge in [-0.2, -0.15) is 0 Å². The summed E-state index contributed by atoms with van der Waals surface area (Å²) in [5, 5.41) is 12.5. The number of benzene rings is 8. The summed E-state index contributed by atoms with van der Waals surface area (Å²) < 4.78 is 6.77. The highest BCUT2D eigenvalue weighted by Crippen LogP contribution is 2.47. The Morgan fingerprint density at radius 3 is 1.78 bits per heavy atom. The van der Waals surface area contributed by atoms with Crippen molar-refractivity contribution in [2.24, 2.45) is 9.98 Å². The van der Waals surface area contributed by atoms with Crippen LogP contribution in [0.3, 0.4) is 0 Å². The lowest BCUT2D eigenvalue weighted by atomic mass is 9.91. The molecule has 0 atom stereocenters. The van der Waals surface area contributed by atoms with Gasteiger partial charge in [0.2, 0.25) is 0 Å². The Hall–Kier alpha value is -6.52. The third-order valence-corrected chi connectivity index (χ3v) is 9.54. The largest absolute Gasteiger partial charge is 0.452 e. The van der Waals surface area contributed by atoms with Crippen molar-refractivity contribution in [2.45, 2.75) is 0 Å². The second-order valence-electron chi connectivity index (χ2n) is 12.3. The molecule has 49 heavy (non-hydrogen) atoms. The van der Waals surface area contributed by atoms with Crippen LogP contribution in [-0.2, 0) is 0 Å². The van der Waals surface area contributed by atoms with Crippen LogP contribution in [0, 0.1) is 0 Å². The predicted molar refractivity (Wildman–Crippen MR) is 208 cm³/mol. The second-order valence-corrected chi connectivity index (χ2v) is 12.3. The van der Waals surface area contributed by atoms with Gasteiger partial charge in [0.05, 0.1) is 11.3 Å². The number of nitrogens with zero attached hydrogens (tertiary/aromatic N) is 2. The van der Waals surface area contributed by atoms with E-state index in [4.69, 9.17) is 9.73 Å². The molecular formula is C45H31N3O. The Morgan fingerprint density at radius 1 is 0.551 bits per heavy atom. The molecule has 0 fully saturated rings. The van der Waals surface area contributed by atoms with Gasteiger partial charge in [0.1, 0.15) is 17.2 Å². The van der Waals surface area contributed by atoms with Crippen molar-refractivity contribution in [1.29, 1.82) is 0 Å². The normalized spacial score (nSPS) is 14.3. The first kappa shape index (κ1) is 28.7. The average molecular weight is 630 g/mol. The Balaban J connectivity index is 1.39. The molecule has 1 aliphatic heterocycles. The molecule has 0 saturated carbocycles. The Bertz CT molecular complexity index is 2700. The summed E-state index contributed by atoms with van der Waals surface area (Å²) >= 11 is 0. The van der Waals surface area contributed by atoms with Crippen LogP contribution < -0.4 is 10.1 Å². The molecule has 1 N–H and O–H groups in total. The standard InChI is InChI=1S/C45H31N3O/c1-46-37-24-21-29-12-5-8-16-34(29)40(37)41-35-17-9-6-13-30(35)22-25-38(41)48-44-42-36-18-10-7-14-31(36)23-26-39(42)49-45(44)43(47-2)33-20-19-28-11-3-4-15-32(28)27-33/h3-27,46H,2H2,1H3/b45-43+,48-44?. The minimum atomic E-state index is 0.586. The third-order valence-electron chi connectivity index (χ3n) is 9.54. The summed E-state index contributed by atoms with van der Waals surface area (Å²) in [6.45, 7) is 4.04. The van der Waals surface area contributed by atoms with Gasteiger partial charge in [-0.25, -0.2) is 4.99 Å². The number of allylic oxidation sites excluding steroid dienone is 1. The van der Waals surface area contributed by atoms with Gasteiger partial charge in [0, 0.05) is 29.4 Å². The number of aliphatic imine (C=N–C) groups is 2. The molecule has 4 heteroatoms. The van der Waals surface area contributed by atoms with Crippen molar-refractivity contribution in [3.8, 4) is 16.9 Å². The summed E-state index contributed by atoms with van der Waals surface area (Å²) in [5.74, 6) is 1.33. The van der Waals surface area contributed by atoms with Gasteiger partial charge >= 0.3 is 0 Å². The van der Waals surface area contributed by atoms with E-state index in [2.05, 4.69) is 163 Å². The van der Waals surface area contributed by atoms with Crippen molar-refractivity contribution >= 4 is 72.6 Å². The molecule has 4 nitrogen and oxygen atoms in total. The van der Waals surface area contributed by atoms with Crippen LogP contribution in [0.1, 0.15) is 11.1 Å². The smallest absolute Gasteiger partial charge is 0.180 e. The first-order valence-corrected chi connectivity index (χ1v) is 16.4. The first-order valence-electron chi connectivity index (χ1n) is 16.4. The number of rotatable bonds is 5. The minimum Gasteiger partial charge on any atom is -0.452 e. The lowest BCUT2D eigenvalue weighted by Gasteiger charge is -2.18. The predicted octanol–water partition coefficient (Wildman–Crippen LogP) is 11.6. The molecule has 0 bridgehead atoms. The molecular weight excluding hydrogens is 599 g/mol. The number of hydrogen-bond acceptors (Lipinski definition) is 4. The van der Waals surface area contributed by atoms with E-state index in [0.717, 1.165) is 82.8 Å². The Labute approximate surface area is 284 Å². The zero-order valence-corrected chi connectivity index (χ0v) is 26.9. The number of nitrogens with one attached hydrogen (secondary N) is 1. The molecule has 0 amide bonds. The van der Waals surface area contributed by atoms with E-state index in [1.54, 1.807) is 0 Å². The SMILES string of the molecule is C=N/C(=C1/Oc2ccc3ccccc3c2C1=Nc1ccc2ccccc2c1-c1c(NC)ccc2ccccc12)c1ccc2ccccc2c1. The van der Waals surface area contributed by atoms with Gasteiger partial charge in [0.25, 0.3) is 0 Å². The fourth-order valence-electron chi connectivity index (χ4n) is 7.24. The lowest BCUT2D eigenvalue weighted by Crippen LogP contribution is -2.05. The quantitative estimate of drug-likeness (QED) is 0.193. The van der Waals surface area contributed by atoms with Gasteiger partial charge < -0.3 is 10.1 Å². The van der Waals surface area contributed by atoms with E-state index < -0.39 is 0 Å². The van der Waals surface area contributed by atoms with Crippen LogP contribution in [0.2, 0.25) is 0 Å². The van der Waals surface area contributed by atoms with Gasteiger partial charge in [-0.05, 0) is 74.1 Å². The topological polar surface area (TPSA) is 46.0 Å². The van der Waals surface area contributed by atoms with Crippen molar-refractivity contribution in [3.63, 3.8) is 0 Å². The maximum Gasteiger partial charge on any atom is 0.180 e. The maximum absolute atomic E-state index is 6.77. The van der Waals surface area contributed by atoms with E-state index in [-0.39, 0.29) is 0 Å². The van der Waals surface area contributed by atoms with Crippen LogP contribution in [-0.4, -0.2) is 19.5 Å². The van der Waals surface area contributed by atoms with Crippen molar-refractivity contribution in [3.05, 3.63) is 169 Å². The molecule has 0 saturated heterocycles. The first-order chi connectivity index (χ1) is 24.2. The lowest BCUT2D eigenvalue weighted by molar-refractivity contribution is 0.471. The van der Waals surface area contributed by atoms with Crippen LogP contribution in [0.4, 0.5) is 11.4 Å². The third kappa shape index (κ3) is 4.68. The maximum atomic E-state index is 6.77. The number of ether oxygens (including phenoxy) is 1. The average Bonchev–Trinajstić information content (AvgIpc) is 3.52. The second kappa shape index (κ2) is 11.6. The number of anilines is 1. The van der Waals surface area contributed by atoms with Gasteiger partial charge in [0.15, 0.2) is 5.76 Å². The Kier molecular flexibility index (Phi) is 6.80. The van der Waals surface area contributed by atoms with Gasteiger partial charge in [-0.15, -0.1) is 0 Å². The minimum absolute atomic E-state index is 0.586. The molecule has 0 unspecified atom stereocenters. The highest BCUT2D eigenvalue weighted by atomic mass is 16.5. The zero-order valence-electron chi connectivity index (χ0n) is 26.9. The molecule has 8 aromatic carbocycles. The molecule has 232 valence electrons. The summed E-state index contributed by atoms with van der Waals surface area (Å²) in [5.41, 5.74) is 7.27. The highest BCUT2D eigenvalue weighted by molar-refractivity contribution is 6.26. The van der Waals surface area contributed by atoms with Crippen LogP contribution in [0.25, 0.3) is 59.9 Å². The van der Waals surface area contributed by atoms with Crippen molar-refractivity contribution < 1.29 is 4.74 Å². The van der Waals surface area contributed by atoms with Gasteiger partial charge in [-0.3, -0.25) is 4.99 Å². The molecule has 0 aromatic heterocycles. The van der Waals surface area contributed by atoms with Crippen molar-refractivity contribution in [1.82, 2.24) is 0 Å². The molecule has 9 rings (SSSR count). The van der Waals surface area contributed by atoms with E-state index in [9.17, 15) is 0 Å².